The Morgan fingerprint density at radius 1 is 0.828 bits per heavy atom. The highest BCUT2D eigenvalue weighted by atomic mass is 19.1. The van der Waals surface area contributed by atoms with E-state index in [9.17, 15) is 4.39 Å². The minimum Gasteiger partial charge on any atom is -0.496 e. The molecule has 1 unspecified atom stereocenters. The van der Waals surface area contributed by atoms with E-state index in [2.05, 4.69) is 0 Å². The summed E-state index contributed by atoms with van der Waals surface area (Å²) in [5.74, 6) is 2.18. The Morgan fingerprint density at radius 2 is 1.48 bits per heavy atom. The minimum atomic E-state index is -0.466. The number of ether oxygens (including phenoxy) is 4. The van der Waals surface area contributed by atoms with Crippen molar-refractivity contribution < 1.29 is 23.3 Å². The zero-order chi connectivity index (χ0) is 20.4. The molecule has 0 spiro atoms. The molecule has 0 radical (unpaired) electrons. The Balaban J connectivity index is 1.88. The lowest BCUT2D eigenvalue weighted by molar-refractivity contribution is 0.195. The van der Waals surface area contributed by atoms with E-state index >= 15 is 0 Å². The highest BCUT2D eigenvalue weighted by Gasteiger charge is 2.31. The molecule has 1 aliphatic rings. The molecule has 5 heteroatoms. The third-order valence-electron chi connectivity index (χ3n) is 4.95. The van der Waals surface area contributed by atoms with Gasteiger partial charge in [0.25, 0.3) is 0 Å². The molecule has 0 saturated heterocycles. The largest absolute Gasteiger partial charge is 0.496 e. The van der Waals surface area contributed by atoms with Crippen LogP contribution in [0.4, 0.5) is 4.39 Å². The summed E-state index contributed by atoms with van der Waals surface area (Å²) in [4.78, 5) is 0. The number of rotatable bonds is 5. The number of hydrogen-bond donors (Lipinski definition) is 0. The van der Waals surface area contributed by atoms with Crippen molar-refractivity contribution in [2.24, 2.45) is 0 Å². The van der Waals surface area contributed by atoms with Gasteiger partial charge in [0.1, 0.15) is 28.8 Å². The van der Waals surface area contributed by atoms with Gasteiger partial charge in [-0.1, -0.05) is 24.3 Å². The molecule has 0 bridgehead atoms. The lowest BCUT2D eigenvalue weighted by atomic mass is 9.92. The van der Waals surface area contributed by atoms with E-state index in [1.165, 1.54) is 12.1 Å². The van der Waals surface area contributed by atoms with Gasteiger partial charge in [0.15, 0.2) is 6.10 Å². The van der Waals surface area contributed by atoms with E-state index in [1.54, 1.807) is 45.6 Å². The predicted molar refractivity (Wildman–Crippen MR) is 110 cm³/mol. The van der Waals surface area contributed by atoms with Crippen LogP contribution >= 0.6 is 0 Å². The first-order valence-electron chi connectivity index (χ1n) is 9.17. The SMILES string of the molecule is COc1cc(OC)c(C2OC(c3ccc(F)cc3)=Cc3ccccc32)c(OC)c1. The minimum absolute atomic E-state index is 0.291. The Morgan fingerprint density at radius 3 is 2.10 bits per heavy atom. The molecule has 1 atom stereocenters. The van der Waals surface area contributed by atoms with Gasteiger partial charge in [0.05, 0.1) is 26.9 Å². The average Bonchev–Trinajstić information content (AvgIpc) is 2.77. The maximum absolute atomic E-state index is 13.4. The van der Waals surface area contributed by atoms with E-state index in [1.807, 2.05) is 30.3 Å². The standard InChI is InChI=1S/C24H21FO4/c1-26-18-13-21(27-2)23(22(14-18)28-3)24-19-7-5-4-6-16(19)12-20(29-24)15-8-10-17(25)11-9-15/h4-14,24H,1-3H3. The van der Waals surface area contributed by atoms with Crippen LogP contribution in [0.25, 0.3) is 11.8 Å². The maximum atomic E-state index is 13.4. The maximum Gasteiger partial charge on any atom is 0.157 e. The fourth-order valence-corrected chi connectivity index (χ4v) is 3.52. The molecule has 1 aliphatic heterocycles. The van der Waals surface area contributed by atoms with Crippen molar-refractivity contribution in [3.63, 3.8) is 0 Å². The molecule has 0 aromatic heterocycles. The van der Waals surface area contributed by atoms with Crippen molar-refractivity contribution in [2.75, 3.05) is 21.3 Å². The molecular weight excluding hydrogens is 371 g/mol. The van der Waals surface area contributed by atoms with Crippen LogP contribution in [0.3, 0.4) is 0 Å². The van der Waals surface area contributed by atoms with Crippen molar-refractivity contribution in [1.29, 1.82) is 0 Å². The number of benzene rings is 3. The van der Waals surface area contributed by atoms with E-state index < -0.39 is 6.10 Å². The summed E-state index contributed by atoms with van der Waals surface area (Å²) in [5.41, 5.74) is 3.55. The van der Waals surface area contributed by atoms with Crippen LogP contribution in [0, 0.1) is 5.82 Å². The number of hydrogen-bond acceptors (Lipinski definition) is 4. The topological polar surface area (TPSA) is 36.9 Å². The summed E-state index contributed by atoms with van der Waals surface area (Å²) in [5, 5.41) is 0. The van der Waals surface area contributed by atoms with Crippen LogP contribution in [-0.2, 0) is 4.74 Å². The number of fused-ring (bicyclic) bond motifs is 1. The summed E-state index contributed by atoms with van der Waals surface area (Å²) < 4.78 is 36.5. The van der Waals surface area contributed by atoms with Crippen LogP contribution in [0.2, 0.25) is 0 Å². The average molecular weight is 392 g/mol. The van der Waals surface area contributed by atoms with Gasteiger partial charge in [0, 0.05) is 23.3 Å². The first-order valence-corrected chi connectivity index (χ1v) is 9.17. The van der Waals surface area contributed by atoms with Crippen molar-refractivity contribution in [3.8, 4) is 17.2 Å². The quantitative estimate of drug-likeness (QED) is 0.577. The van der Waals surface area contributed by atoms with Gasteiger partial charge in [-0.05, 0) is 35.9 Å². The Kier molecular flexibility index (Phi) is 5.12. The second-order valence-corrected chi connectivity index (χ2v) is 6.59. The number of methoxy groups -OCH3 is 3. The van der Waals surface area contributed by atoms with E-state index in [4.69, 9.17) is 18.9 Å². The molecule has 3 aromatic rings. The third-order valence-corrected chi connectivity index (χ3v) is 4.95. The monoisotopic (exact) mass is 392 g/mol. The van der Waals surface area contributed by atoms with Crippen molar-refractivity contribution in [2.45, 2.75) is 6.10 Å². The summed E-state index contributed by atoms with van der Waals surface area (Å²) >= 11 is 0. The molecule has 4 rings (SSSR count). The Bertz CT molecular complexity index is 1030. The van der Waals surface area contributed by atoms with Gasteiger partial charge in [0.2, 0.25) is 0 Å². The lowest BCUT2D eigenvalue weighted by Gasteiger charge is -2.30. The van der Waals surface area contributed by atoms with Gasteiger partial charge < -0.3 is 18.9 Å². The summed E-state index contributed by atoms with van der Waals surface area (Å²) in [6.45, 7) is 0. The summed E-state index contributed by atoms with van der Waals surface area (Å²) in [7, 11) is 4.79. The van der Waals surface area contributed by atoms with Gasteiger partial charge in [-0.15, -0.1) is 0 Å². The third kappa shape index (κ3) is 3.51. The van der Waals surface area contributed by atoms with Gasteiger partial charge >= 0.3 is 0 Å². The van der Waals surface area contributed by atoms with E-state index in [0.717, 1.165) is 22.3 Å². The van der Waals surface area contributed by atoms with Crippen molar-refractivity contribution >= 4 is 11.8 Å². The molecule has 148 valence electrons. The second-order valence-electron chi connectivity index (χ2n) is 6.59. The van der Waals surface area contributed by atoms with Crippen molar-refractivity contribution in [3.05, 3.63) is 88.7 Å². The zero-order valence-electron chi connectivity index (χ0n) is 16.4. The molecule has 3 aromatic carbocycles. The van der Waals surface area contributed by atoms with Gasteiger partial charge in [-0.25, -0.2) is 4.39 Å². The molecule has 0 aliphatic carbocycles. The van der Waals surface area contributed by atoms with Gasteiger partial charge in [-0.3, -0.25) is 0 Å². The second kappa shape index (κ2) is 7.87. The van der Waals surface area contributed by atoms with Crippen molar-refractivity contribution in [1.82, 2.24) is 0 Å². The smallest absolute Gasteiger partial charge is 0.157 e. The molecule has 0 fully saturated rings. The first-order chi connectivity index (χ1) is 14.1. The Hall–Kier alpha value is -3.47. The molecule has 0 N–H and O–H groups in total. The van der Waals surface area contributed by atoms with Crippen LogP contribution in [0.1, 0.15) is 28.4 Å². The van der Waals surface area contributed by atoms with E-state index in [0.29, 0.717) is 23.0 Å². The number of halogens is 1. The van der Waals surface area contributed by atoms with Crippen LogP contribution < -0.4 is 14.2 Å². The molecular formula is C24H21FO4. The Labute approximate surface area is 169 Å². The lowest BCUT2D eigenvalue weighted by Crippen LogP contribution is -2.14. The molecule has 0 amide bonds. The summed E-state index contributed by atoms with van der Waals surface area (Å²) in [6, 6.07) is 17.8. The van der Waals surface area contributed by atoms with E-state index in [-0.39, 0.29) is 5.82 Å². The summed E-state index contributed by atoms with van der Waals surface area (Å²) in [6.07, 6.45) is 1.49. The van der Waals surface area contributed by atoms with Crippen LogP contribution in [0.15, 0.2) is 60.7 Å². The normalized spacial score (nSPS) is 15.0. The zero-order valence-corrected chi connectivity index (χ0v) is 16.4. The molecule has 4 nitrogen and oxygen atoms in total. The fraction of sp³-hybridized carbons (Fsp3) is 0.167. The highest BCUT2D eigenvalue weighted by Crippen LogP contribution is 2.47. The molecule has 0 saturated carbocycles. The highest BCUT2D eigenvalue weighted by molar-refractivity contribution is 5.81. The predicted octanol–water partition coefficient (Wildman–Crippen LogP) is 5.47. The molecule has 1 heterocycles. The van der Waals surface area contributed by atoms with Gasteiger partial charge in [-0.2, -0.15) is 0 Å². The fourth-order valence-electron chi connectivity index (χ4n) is 3.52. The first kappa shape index (κ1) is 18.9. The van der Waals surface area contributed by atoms with Crippen LogP contribution in [-0.4, -0.2) is 21.3 Å². The van der Waals surface area contributed by atoms with Crippen LogP contribution in [0.5, 0.6) is 17.2 Å². The molecule has 29 heavy (non-hydrogen) atoms.